The number of benzene rings is 2. The maximum absolute atomic E-state index is 13.5. The Morgan fingerprint density at radius 3 is 2.54 bits per heavy atom. The van der Waals surface area contributed by atoms with E-state index in [1.807, 2.05) is 37.3 Å². The smallest absolute Gasteiger partial charge is 0.252 e. The van der Waals surface area contributed by atoms with E-state index in [2.05, 4.69) is 22.5 Å². The van der Waals surface area contributed by atoms with E-state index >= 15 is 0 Å². The Bertz CT molecular complexity index is 1620. The number of nitrogens with one attached hydrogen (secondary N) is 1. The summed E-state index contributed by atoms with van der Waals surface area (Å²) in [7, 11) is -0.0151. The van der Waals surface area contributed by atoms with Crippen molar-refractivity contribution in [2.24, 2.45) is 0 Å². The van der Waals surface area contributed by atoms with Crippen LogP contribution in [0.15, 0.2) is 54.6 Å². The van der Waals surface area contributed by atoms with Gasteiger partial charge in [0.05, 0.1) is 54.1 Å². The van der Waals surface area contributed by atoms with Crippen LogP contribution < -0.4 is 14.8 Å². The number of ether oxygens (including phenoxy) is 2. The molecule has 0 radical (unpaired) electrons. The van der Waals surface area contributed by atoms with Gasteiger partial charge in [-0.2, -0.15) is 5.10 Å². The van der Waals surface area contributed by atoms with Crippen molar-refractivity contribution in [1.29, 1.82) is 0 Å². The number of aryl methyl sites for hydroxylation is 2. The molecule has 0 saturated carbocycles. The average Bonchev–Trinajstić information content (AvgIpc) is 3.48. The number of hydrogen-bond donors (Lipinski definition) is 1. The number of amides is 1. The van der Waals surface area contributed by atoms with E-state index in [9.17, 15) is 13.2 Å². The summed E-state index contributed by atoms with van der Waals surface area (Å²) in [5, 5.41) is 8.36. The zero-order valence-electron chi connectivity index (χ0n) is 22.3. The van der Waals surface area contributed by atoms with E-state index in [1.165, 1.54) is 5.56 Å². The number of nitrogens with zero attached hydrogens (tertiary/aromatic N) is 3. The molecule has 10 heteroatoms. The largest absolute Gasteiger partial charge is 0.493 e. The monoisotopic (exact) mass is 548 g/mol. The van der Waals surface area contributed by atoms with Gasteiger partial charge in [-0.15, -0.1) is 0 Å². The molecule has 0 bridgehead atoms. The molecule has 9 nitrogen and oxygen atoms in total. The number of rotatable bonds is 9. The molecule has 1 atom stereocenters. The minimum atomic E-state index is -3.14. The molecule has 39 heavy (non-hydrogen) atoms. The Hall–Kier alpha value is -3.92. The van der Waals surface area contributed by atoms with Crippen LogP contribution in [0.4, 0.5) is 0 Å². The lowest BCUT2D eigenvalue weighted by Crippen LogP contribution is -2.25. The molecular formula is C29H32N4O5S. The minimum Gasteiger partial charge on any atom is -0.493 e. The summed E-state index contributed by atoms with van der Waals surface area (Å²) in [6, 6.07) is 17.0. The number of carbonyl (C=O) groups excluding carboxylic acids is 1. The fraction of sp³-hybridized carbons (Fsp3) is 0.345. The quantitative estimate of drug-likeness (QED) is 0.313. The van der Waals surface area contributed by atoms with E-state index in [1.54, 1.807) is 31.0 Å². The lowest BCUT2D eigenvalue weighted by Gasteiger charge is -2.13. The second kappa shape index (κ2) is 11.1. The Kier molecular flexibility index (Phi) is 7.56. The minimum absolute atomic E-state index is 0.00645. The van der Waals surface area contributed by atoms with Gasteiger partial charge in [-0.25, -0.2) is 18.1 Å². The zero-order valence-corrected chi connectivity index (χ0v) is 23.1. The molecule has 0 aliphatic carbocycles. The molecule has 1 N–H and O–H groups in total. The van der Waals surface area contributed by atoms with Gasteiger partial charge in [-0.3, -0.25) is 4.79 Å². The Labute approximate surface area is 228 Å². The van der Waals surface area contributed by atoms with E-state index < -0.39 is 9.84 Å². The summed E-state index contributed by atoms with van der Waals surface area (Å²) in [4.78, 5) is 18.4. The standard InChI is InChI=1S/C29H32N4O5S/c1-19-27-23(29(34)30-14-7-10-20-8-5-4-6-9-20)17-24(21-11-12-25(37-2)26(16-21)38-3)31-28(27)33(32-19)22-13-15-39(35,36)18-22/h4-6,8-9,11-12,16-17,22H,7,10,13-15,18H2,1-3H3,(H,30,34). The topological polar surface area (TPSA) is 112 Å². The van der Waals surface area contributed by atoms with E-state index in [-0.39, 0.29) is 23.5 Å². The predicted molar refractivity (Wildman–Crippen MR) is 150 cm³/mol. The van der Waals surface area contributed by atoms with Crippen molar-refractivity contribution in [2.45, 2.75) is 32.2 Å². The fourth-order valence-corrected chi connectivity index (χ4v) is 6.78. The number of pyridine rings is 1. The zero-order chi connectivity index (χ0) is 27.6. The molecule has 1 fully saturated rings. The molecule has 1 amide bonds. The molecule has 2 aromatic heterocycles. The molecule has 1 aliphatic rings. The highest BCUT2D eigenvalue weighted by atomic mass is 32.2. The number of fused-ring (bicyclic) bond motifs is 1. The van der Waals surface area contributed by atoms with Crippen LogP contribution in [0, 0.1) is 6.92 Å². The number of sulfone groups is 1. The van der Waals surface area contributed by atoms with Crippen molar-refractivity contribution in [3.8, 4) is 22.8 Å². The first-order valence-electron chi connectivity index (χ1n) is 12.9. The maximum atomic E-state index is 13.5. The number of carbonyl (C=O) groups is 1. The first-order valence-corrected chi connectivity index (χ1v) is 14.8. The van der Waals surface area contributed by atoms with Gasteiger partial charge in [0.2, 0.25) is 0 Å². The van der Waals surface area contributed by atoms with Gasteiger partial charge in [0.15, 0.2) is 27.0 Å². The van der Waals surface area contributed by atoms with Gasteiger partial charge in [0.25, 0.3) is 5.91 Å². The Balaban J connectivity index is 1.53. The van der Waals surface area contributed by atoms with Crippen molar-refractivity contribution in [3.63, 3.8) is 0 Å². The molecule has 5 rings (SSSR count). The van der Waals surface area contributed by atoms with Gasteiger partial charge < -0.3 is 14.8 Å². The molecular weight excluding hydrogens is 516 g/mol. The van der Waals surface area contributed by atoms with Crippen LogP contribution in [0.2, 0.25) is 0 Å². The summed E-state index contributed by atoms with van der Waals surface area (Å²) in [6.07, 6.45) is 2.11. The van der Waals surface area contributed by atoms with Gasteiger partial charge in [0.1, 0.15) is 0 Å². The second-order valence-corrected chi connectivity index (χ2v) is 12.0. The highest BCUT2D eigenvalue weighted by Gasteiger charge is 2.32. The molecule has 0 spiro atoms. The fourth-order valence-electron chi connectivity index (χ4n) is 5.09. The lowest BCUT2D eigenvalue weighted by atomic mass is 10.0. The van der Waals surface area contributed by atoms with Crippen LogP contribution in [0.5, 0.6) is 11.5 Å². The predicted octanol–water partition coefficient (Wildman–Crippen LogP) is 4.15. The van der Waals surface area contributed by atoms with E-state index in [0.29, 0.717) is 52.4 Å². The molecule has 1 saturated heterocycles. The molecule has 204 valence electrons. The third-order valence-electron chi connectivity index (χ3n) is 7.09. The Morgan fingerprint density at radius 2 is 1.85 bits per heavy atom. The van der Waals surface area contributed by atoms with Crippen LogP contribution in [0.25, 0.3) is 22.3 Å². The van der Waals surface area contributed by atoms with Gasteiger partial charge in [-0.1, -0.05) is 30.3 Å². The van der Waals surface area contributed by atoms with Crippen LogP contribution in [-0.2, 0) is 16.3 Å². The van der Waals surface area contributed by atoms with Crippen LogP contribution >= 0.6 is 0 Å². The SMILES string of the molecule is COc1ccc(-c2cc(C(=O)NCCCc3ccccc3)c3c(C)nn(C4CCS(=O)(=O)C4)c3n2)cc1OC. The normalized spacial score (nSPS) is 16.3. The molecule has 3 heterocycles. The number of aromatic nitrogens is 3. The highest BCUT2D eigenvalue weighted by molar-refractivity contribution is 7.91. The van der Waals surface area contributed by atoms with Crippen molar-refractivity contribution >= 4 is 26.8 Å². The average molecular weight is 549 g/mol. The van der Waals surface area contributed by atoms with E-state index in [4.69, 9.17) is 14.5 Å². The van der Waals surface area contributed by atoms with Gasteiger partial charge in [-0.05, 0) is 56.0 Å². The summed E-state index contributed by atoms with van der Waals surface area (Å²) >= 11 is 0. The molecule has 1 aliphatic heterocycles. The van der Waals surface area contributed by atoms with Crippen molar-refractivity contribution < 1.29 is 22.7 Å². The summed E-state index contributed by atoms with van der Waals surface area (Å²) in [5.41, 5.74) is 4.09. The van der Waals surface area contributed by atoms with Crippen LogP contribution in [0.1, 0.15) is 40.5 Å². The third-order valence-corrected chi connectivity index (χ3v) is 8.84. The van der Waals surface area contributed by atoms with Crippen molar-refractivity contribution in [3.05, 3.63) is 71.4 Å². The van der Waals surface area contributed by atoms with Gasteiger partial charge in [0, 0.05) is 12.1 Å². The highest BCUT2D eigenvalue weighted by Crippen LogP contribution is 2.35. The first-order chi connectivity index (χ1) is 18.8. The van der Waals surface area contributed by atoms with Crippen molar-refractivity contribution in [2.75, 3.05) is 32.3 Å². The number of hydrogen-bond acceptors (Lipinski definition) is 7. The lowest BCUT2D eigenvalue weighted by molar-refractivity contribution is 0.0954. The summed E-state index contributed by atoms with van der Waals surface area (Å²) < 4.78 is 37.0. The summed E-state index contributed by atoms with van der Waals surface area (Å²) in [5.74, 6) is 1.01. The Morgan fingerprint density at radius 1 is 1.08 bits per heavy atom. The van der Waals surface area contributed by atoms with E-state index in [0.717, 1.165) is 18.4 Å². The molecule has 4 aromatic rings. The number of methoxy groups -OCH3 is 2. The van der Waals surface area contributed by atoms with Crippen LogP contribution in [0.3, 0.4) is 0 Å². The van der Waals surface area contributed by atoms with Crippen LogP contribution in [-0.4, -0.2) is 61.4 Å². The maximum Gasteiger partial charge on any atom is 0.252 e. The first kappa shape index (κ1) is 26.7. The van der Waals surface area contributed by atoms with Gasteiger partial charge >= 0.3 is 0 Å². The third kappa shape index (κ3) is 5.61. The summed E-state index contributed by atoms with van der Waals surface area (Å²) in [6.45, 7) is 2.34. The van der Waals surface area contributed by atoms with Crippen molar-refractivity contribution in [1.82, 2.24) is 20.1 Å². The molecule has 1 unspecified atom stereocenters. The molecule has 2 aromatic carbocycles. The second-order valence-electron chi connectivity index (χ2n) is 9.76.